The number of para-hydroxylation sites is 1. The minimum Gasteiger partial charge on any atom is -0.505 e. The van der Waals surface area contributed by atoms with E-state index in [1.54, 1.807) is 19.1 Å². The van der Waals surface area contributed by atoms with Gasteiger partial charge in [-0.05, 0) is 18.6 Å². The molecule has 0 aliphatic rings. The normalized spacial score (nSPS) is 7.54. The van der Waals surface area contributed by atoms with Crippen LogP contribution in [-0.2, 0) is 0 Å². The van der Waals surface area contributed by atoms with Crippen molar-refractivity contribution in [3.05, 3.63) is 29.6 Å². The summed E-state index contributed by atoms with van der Waals surface area (Å²) in [6.45, 7) is 9.65. The molecule has 0 aliphatic heterocycles. The summed E-state index contributed by atoms with van der Waals surface area (Å²) in [5, 5.41) is 8.83. The molecule has 2 heteroatoms. The van der Waals surface area contributed by atoms with Crippen LogP contribution in [0.1, 0.15) is 33.3 Å². The lowest BCUT2D eigenvalue weighted by molar-refractivity contribution is 0.428. The van der Waals surface area contributed by atoms with Crippen LogP contribution < -0.4 is 0 Å². The van der Waals surface area contributed by atoms with Crippen molar-refractivity contribution in [3.8, 4) is 5.75 Å². The zero-order chi connectivity index (χ0) is 10.9. The number of hydrogen-bond donors (Lipinski definition) is 1. The Morgan fingerprint density at radius 2 is 1.54 bits per heavy atom. The molecule has 13 heavy (non-hydrogen) atoms. The van der Waals surface area contributed by atoms with Crippen molar-refractivity contribution in [2.45, 2.75) is 34.6 Å². The number of aryl methyl sites for hydroxylation is 1. The average molecular weight is 186 g/mol. The Morgan fingerprint density at radius 1 is 1.08 bits per heavy atom. The molecular weight excluding hydrogens is 167 g/mol. The quantitative estimate of drug-likeness (QED) is 0.651. The molecule has 1 aromatic rings. The molecule has 0 aliphatic carbocycles. The Balaban J connectivity index is 0. The van der Waals surface area contributed by atoms with Crippen LogP contribution in [-0.4, -0.2) is 5.11 Å². The van der Waals surface area contributed by atoms with Crippen molar-refractivity contribution in [1.29, 1.82) is 0 Å². The fourth-order valence-electron chi connectivity index (χ4n) is 0.623. The minimum atomic E-state index is -0.560. The average Bonchev–Trinajstić information content (AvgIpc) is 2.20. The monoisotopic (exact) mass is 186 g/mol. The van der Waals surface area contributed by atoms with E-state index in [-0.39, 0.29) is 5.75 Å². The molecule has 0 bridgehead atoms. The molecule has 0 heterocycles. The summed E-state index contributed by atoms with van der Waals surface area (Å²) in [6.07, 6.45) is 0. The van der Waals surface area contributed by atoms with Crippen molar-refractivity contribution >= 4 is 0 Å². The first-order chi connectivity index (χ1) is 6.22. The van der Waals surface area contributed by atoms with Gasteiger partial charge in [-0.1, -0.05) is 39.8 Å². The van der Waals surface area contributed by atoms with E-state index in [1.165, 1.54) is 6.07 Å². The summed E-state index contributed by atoms with van der Waals surface area (Å²) in [6, 6.07) is 4.44. The van der Waals surface area contributed by atoms with Gasteiger partial charge in [0.25, 0.3) is 0 Å². The molecular formula is C11H19FO. The van der Waals surface area contributed by atoms with E-state index in [9.17, 15) is 4.39 Å². The Kier molecular flexibility index (Phi) is 10.1. The highest BCUT2D eigenvalue weighted by atomic mass is 19.1. The van der Waals surface area contributed by atoms with Gasteiger partial charge in [-0.2, -0.15) is 0 Å². The number of aromatic hydroxyl groups is 1. The van der Waals surface area contributed by atoms with E-state index in [0.29, 0.717) is 5.56 Å². The van der Waals surface area contributed by atoms with Crippen LogP contribution in [0.3, 0.4) is 0 Å². The largest absolute Gasteiger partial charge is 0.505 e. The highest BCUT2D eigenvalue weighted by Gasteiger charge is 1.99. The number of phenols is 1. The number of phenolic OH excluding ortho intramolecular Hbond substituents is 1. The van der Waals surface area contributed by atoms with E-state index in [0.717, 1.165) is 0 Å². The second-order valence-electron chi connectivity index (χ2n) is 1.91. The van der Waals surface area contributed by atoms with Gasteiger partial charge in [0.15, 0.2) is 11.6 Å². The zero-order valence-corrected chi connectivity index (χ0v) is 9.06. The molecule has 1 N–H and O–H groups in total. The first-order valence-electron chi connectivity index (χ1n) is 4.66. The molecule has 0 aromatic heterocycles. The van der Waals surface area contributed by atoms with E-state index in [1.807, 2.05) is 27.7 Å². The van der Waals surface area contributed by atoms with Crippen LogP contribution in [0, 0.1) is 12.7 Å². The molecule has 76 valence electrons. The highest BCUT2D eigenvalue weighted by molar-refractivity contribution is 5.31. The Morgan fingerprint density at radius 3 is 1.85 bits per heavy atom. The second-order valence-corrected chi connectivity index (χ2v) is 1.91. The lowest BCUT2D eigenvalue weighted by atomic mass is 10.2. The number of hydrogen-bond acceptors (Lipinski definition) is 1. The summed E-state index contributed by atoms with van der Waals surface area (Å²) in [5.41, 5.74) is 0.565. The van der Waals surface area contributed by atoms with Crippen LogP contribution >= 0.6 is 0 Å². The maximum Gasteiger partial charge on any atom is 0.165 e. The van der Waals surface area contributed by atoms with E-state index >= 15 is 0 Å². The van der Waals surface area contributed by atoms with Gasteiger partial charge < -0.3 is 5.11 Å². The van der Waals surface area contributed by atoms with Gasteiger partial charge in [-0.3, -0.25) is 0 Å². The van der Waals surface area contributed by atoms with Crippen molar-refractivity contribution in [2.75, 3.05) is 0 Å². The summed E-state index contributed by atoms with van der Waals surface area (Å²) in [4.78, 5) is 0. The number of halogens is 1. The molecule has 0 fully saturated rings. The SMILES string of the molecule is CC.CC.Cc1cccc(F)c1O. The van der Waals surface area contributed by atoms with Gasteiger partial charge in [0.2, 0.25) is 0 Å². The van der Waals surface area contributed by atoms with E-state index in [2.05, 4.69) is 0 Å². The number of rotatable bonds is 0. The van der Waals surface area contributed by atoms with E-state index in [4.69, 9.17) is 5.11 Å². The Bertz CT molecular complexity index is 201. The predicted molar refractivity (Wildman–Crippen MR) is 55.5 cm³/mol. The fourth-order valence-corrected chi connectivity index (χ4v) is 0.623. The van der Waals surface area contributed by atoms with Crippen LogP contribution in [0.2, 0.25) is 0 Å². The van der Waals surface area contributed by atoms with Crippen molar-refractivity contribution in [1.82, 2.24) is 0 Å². The third kappa shape index (κ3) is 5.23. The van der Waals surface area contributed by atoms with Gasteiger partial charge in [-0.15, -0.1) is 0 Å². The van der Waals surface area contributed by atoms with Crippen molar-refractivity contribution in [3.63, 3.8) is 0 Å². The molecule has 0 atom stereocenters. The molecule has 1 nitrogen and oxygen atoms in total. The van der Waals surface area contributed by atoms with Crippen molar-refractivity contribution in [2.24, 2.45) is 0 Å². The molecule has 0 unspecified atom stereocenters. The second kappa shape index (κ2) is 9.04. The minimum absolute atomic E-state index is 0.252. The van der Waals surface area contributed by atoms with Crippen LogP contribution in [0.5, 0.6) is 5.75 Å². The molecule has 1 aromatic carbocycles. The maximum atomic E-state index is 12.3. The van der Waals surface area contributed by atoms with Gasteiger partial charge >= 0.3 is 0 Å². The first-order valence-corrected chi connectivity index (χ1v) is 4.66. The van der Waals surface area contributed by atoms with E-state index < -0.39 is 5.82 Å². The van der Waals surface area contributed by atoms with Gasteiger partial charge in [-0.25, -0.2) is 4.39 Å². The topological polar surface area (TPSA) is 20.2 Å². The Labute approximate surface area is 80.2 Å². The van der Waals surface area contributed by atoms with Crippen molar-refractivity contribution < 1.29 is 9.50 Å². The maximum absolute atomic E-state index is 12.3. The third-order valence-electron chi connectivity index (χ3n) is 1.19. The summed E-state index contributed by atoms with van der Waals surface area (Å²) in [7, 11) is 0. The molecule has 0 saturated carbocycles. The zero-order valence-electron chi connectivity index (χ0n) is 9.06. The first kappa shape index (κ1) is 14.5. The fraction of sp³-hybridized carbons (Fsp3) is 0.455. The van der Waals surface area contributed by atoms with Crippen LogP contribution in [0.4, 0.5) is 4.39 Å². The number of benzene rings is 1. The summed E-state index contributed by atoms with van der Waals surface area (Å²) < 4.78 is 12.3. The molecule has 1 rings (SSSR count). The standard InChI is InChI=1S/C7H7FO.2C2H6/c1-5-3-2-4-6(8)7(5)9;2*1-2/h2-4,9H,1H3;2*1-2H3. The van der Waals surface area contributed by atoms with Gasteiger partial charge in [0.1, 0.15) is 0 Å². The van der Waals surface area contributed by atoms with Crippen LogP contribution in [0.25, 0.3) is 0 Å². The highest BCUT2D eigenvalue weighted by Crippen LogP contribution is 2.18. The predicted octanol–water partition coefficient (Wildman–Crippen LogP) is 3.89. The molecule has 0 amide bonds. The lowest BCUT2D eigenvalue weighted by Gasteiger charge is -1.96. The van der Waals surface area contributed by atoms with Crippen LogP contribution in [0.15, 0.2) is 18.2 Å². The Hall–Kier alpha value is -1.05. The third-order valence-corrected chi connectivity index (χ3v) is 1.19. The van der Waals surface area contributed by atoms with Gasteiger partial charge in [0.05, 0.1) is 0 Å². The molecule has 0 radical (unpaired) electrons. The van der Waals surface area contributed by atoms with Gasteiger partial charge in [0, 0.05) is 0 Å². The summed E-state index contributed by atoms with van der Waals surface area (Å²) in [5.74, 6) is -0.812. The molecule has 0 saturated heterocycles. The lowest BCUT2D eigenvalue weighted by Crippen LogP contribution is -1.77. The molecule has 0 spiro atoms. The smallest absolute Gasteiger partial charge is 0.165 e. The summed E-state index contributed by atoms with van der Waals surface area (Å²) >= 11 is 0.